The predicted octanol–water partition coefficient (Wildman–Crippen LogP) is 3.30. The van der Waals surface area contributed by atoms with E-state index in [1.54, 1.807) is 12.4 Å². The van der Waals surface area contributed by atoms with E-state index in [1.807, 2.05) is 37.3 Å². The number of pyridine rings is 1. The lowest BCUT2D eigenvalue weighted by atomic mass is 10.0. The first-order chi connectivity index (χ1) is 8.70. The minimum atomic E-state index is -0.139. The maximum Gasteiger partial charge on any atom is 0.0762 e. The molecule has 0 radical (unpaired) electrons. The summed E-state index contributed by atoms with van der Waals surface area (Å²) in [6.07, 6.45) is 3.55. The summed E-state index contributed by atoms with van der Waals surface area (Å²) in [5.41, 5.74) is 3.11. The van der Waals surface area contributed by atoms with Gasteiger partial charge in [0, 0.05) is 22.6 Å². The lowest BCUT2D eigenvalue weighted by Gasteiger charge is -2.19. The zero-order valence-corrected chi connectivity index (χ0v) is 11.7. The summed E-state index contributed by atoms with van der Waals surface area (Å²) >= 11 is 3.40. The van der Waals surface area contributed by atoms with Gasteiger partial charge in [-0.15, -0.1) is 0 Å². The average Bonchev–Trinajstić information content (AvgIpc) is 2.39. The van der Waals surface area contributed by atoms with Crippen LogP contribution < -0.4 is 5.32 Å². The van der Waals surface area contributed by atoms with E-state index in [9.17, 15) is 5.11 Å². The number of aromatic nitrogens is 1. The third kappa shape index (κ3) is 3.09. The summed E-state index contributed by atoms with van der Waals surface area (Å²) in [6.45, 7) is 2.05. The number of halogens is 1. The summed E-state index contributed by atoms with van der Waals surface area (Å²) in [6, 6.07) is 9.68. The van der Waals surface area contributed by atoms with Crippen LogP contribution in [0.4, 0.5) is 5.69 Å². The molecular formula is C14H15BrN2O. The molecule has 2 aromatic rings. The van der Waals surface area contributed by atoms with Gasteiger partial charge in [0.05, 0.1) is 12.6 Å². The Bertz CT molecular complexity index is 513. The molecule has 4 heteroatoms. The zero-order valence-electron chi connectivity index (χ0n) is 10.1. The van der Waals surface area contributed by atoms with Crippen LogP contribution in [0, 0.1) is 6.92 Å². The molecular weight excluding hydrogens is 292 g/mol. The van der Waals surface area contributed by atoms with Crippen molar-refractivity contribution in [2.75, 3.05) is 11.9 Å². The van der Waals surface area contributed by atoms with E-state index in [0.29, 0.717) is 0 Å². The van der Waals surface area contributed by atoms with E-state index < -0.39 is 0 Å². The van der Waals surface area contributed by atoms with Crippen molar-refractivity contribution in [1.82, 2.24) is 4.98 Å². The normalized spacial score (nSPS) is 12.2. The van der Waals surface area contributed by atoms with Gasteiger partial charge in [0.25, 0.3) is 0 Å². The van der Waals surface area contributed by atoms with Crippen molar-refractivity contribution >= 4 is 21.6 Å². The number of nitrogens with one attached hydrogen (secondary N) is 1. The Labute approximate surface area is 115 Å². The number of nitrogens with zero attached hydrogens (tertiary/aromatic N) is 1. The fourth-order valence-corrected chi connectivity index (χ4v) is 2.07. The zero-order chi connectivity index (χ0) is 13.0. The topological polar surface area (TPSA) is 45.2 Å². The molecule has 0 saturated heterocycles. The molecule has 18 heavy (non-hydrogen) atoms. The van der Waals surface area contributed by atoms with Crippen LogP contribution in [0.25, 0.3) is 0 Å². The number of aryl methyl sites for hydroxylation is 1. The van der Waals surface area contributed by atoms with Gasteiger partial charge in [-0.1, -0.05) is 15.9 Å². The third-order valence-corrected chi connectivity index (χ3v) is 3.35. The van der Waals surface area contributed by atoms with Crippen molar-refractivity contribution < 1.29 is 5.11 Å². The van der Waals surface area contributed by atoms with Gasteiger partial charge in [0.15, 0.2) is 0 Å². The molecule has 1 atom stereocenters. The molecule has 2 N–H and O–H groups in total. The second-order valence-electron chi connectivity index (χ2n) is 4.12. The van der Waals surface area contributed by atoms with Crippen molar-refractivity contribution in [3.05, 3.63) is 58.3 Å². The van der Waals surface area contributed by atoms with Crippen LogP contribution in [-0.4, -0.2) is 16.7 Å². The van der Waals surface area contributed by atoms with Crippen molar-refractivity contribution in [2.45, 2.75) is 13.0 Å². The number of benzene rings is 1. The quantitative estimate of drug-likeness (QED) is 0.911. The van der Waals surface area contributed by atoms with Gasteiger partial charge in [-0.2, -0.15) is 0 Å². The van der Waals surface area contributed by atoms with Gasteiger partial charge in [-0.25, -0.2) is 0 Å². The third-order valence-electron chi connectivity index (χ3n) is 2.82. The summed E-state index contributed by atoms with van der Waals surface area (Å²) in [7, 11) is 0. The van der Waals surface area contributed by atoms with E-state index in [1.165, 1.54) is 0 Å². The van der Waals surface area contributed by atoms with Crippen molar-refractivity contribution in [3.8, 4) is 0 Å². The highest BCUT2D eigenvalue weighted by Gasteiger charge is 2.12. The molecule has 0 bridgehead atoms. The van der Waals surface area contributed by atoms with Gasteiger partial charge in [0.1, 0.15) is 0 Å². The first-order valence-electron chi connectivity index (χ1n) is 5.74. The molecule has 0 saturated carbocycles. The number of anilines is 1. The van der Waals surface area contributed by atoms with Crippen molar-refractivity contribution in [1.29, 1.82) is 0 Å². The van der Waals surface area contributed by atoms with Gasteiger partial charge in [-0.3, -0.25) is 4.98 Å². The standard InChI is InChI=1S/C14H15BrN2O/c1-10-6-7-16-8-13(10)14(9-18)17-12-4-2-11(15)3-5-12/h2-8,14,17-18H,9H2,1H3. The summed E-state index contributed by atoms with van der Waals surface area (Å²) < 4.78 is 1.03. The van der Waals surface area contributed by atoms with Gasteiger partial charge < -0.3 is 10.4 Å². The van der Waals surface area contributed by atoms with Gasteiger partial charge in [-0.05, 0) is 48.4 Å². The second kappa shape index (κ2) is 5.98. The second-order valence-corrected chi connectivity index (χ2v) is 5.03. The molecule has 0 aliphatic carbocycles. The Morgan fingerprint density at radius 1 is 1.28 bits per heavy atom. The predicted molar refractivity (Wildman–Crippen MR) is 76.6 cm³/mol. The first-order valence-corrected chi connectivity index (χ1v) is 6.53. The highest BCUT2D eigenvalue weighted by atomic mass is 79.9. The van der Waals surface area contributed by atoms with Crippen LogP contribution in [0.2, 0.25) is 0 Å². The Balaban J connectivity index is 2.20. The smallest absolute Gasteiger partial charge is 0.0762 e. The molecule has 0 aliphatic rings. The maximum atomic E-state index is 9.52. The molecule has 2 rings (SSSR count). The van der Waals surface area contributed by atoms with E-state index in [4.69, 9.17) is 0 Å². The molecule has 94 valence electrons. The van der Waals surface area contributed by atoms with Crippen LogP contribution in [0.15, 0.2) is 47.2 Å². The number of aliphatic hydroxyl groups is 1. The monoisotopic (exact) mass is 306 g/mol. The van der Waals surface area contributed by atoms with E-state index >= 15 is 0 Å². The molecule has 1 heterocycles. The van der Waals surface area contributed by atoms with Crippen molar-refractivity contribution in [3.63, 3.8) is 0 Å². The first kappa shape index (κ1) is 13.1. The number of hydrogen-bond donors (Lipinski definition) is 2. The maximum absolute atomic E-state index is 9.52. The molecule has 3 nitrogen and oxygen atoms in total. The number of rotatable bonds is 4. The van der Waals surface area contributed by atoms with Gasteiger partial charge in [0.2, 0.25) is 0 Å². The number of aliphatic hydroxyl groups excluding tert-OH is 1. The minimum Gasteiger partial charge on any atom is -0.394 e. The Kier molecular flexibility index (Phi) is 4.33. The van der Waals surface area contributed by atoms with Crippen LogP contribution in [0.1, 0.15) is 17.2 Å². The van der Waals surface area contributed by atoms with E-state index in [0.717, 1.165) is 21.3 Å². The lowest BCUT2D eigenvalue weighted by molar-refractivity contribution is 0.276. The Morgan fingerprint density at radius 2 is 2.00 bits per heavy atom. The van der Waals surface area contributed by atoms with Crippen LogP contribution >= 0.6 is 15.9 Å². The lowest BCUT2D eigenvalue weighted by Crippen LogP contribution is -2.16. The molecule has 0 aliphatic heterocycles. The van der Waals surface area contributed by atoms with E-state index in [2.05, 4.69) is 26.2 Å². The van der Waals surface area contributed by atoms with Crippen molar-refractivity contribution in [2.24, 2.45) is 0 Å². The molecule has 0 fully saturated rings. The Morgan fingerprint density at radius 3 is 2.61 bits per heavy atom. The molecule has 0 spiro atoms. The molecule has 0 amide bonds. The van der Waals surface area contributed by atoms with Gasteiger partial charge >= 0.3 is 0 Å². The fourth-order valence-electron chi connectivity index (χ4n) is 1.81. The SMILES string of the molecule is Cc1ccncc1C(CO)Nc1ccc(Br)cc1. The highest BCUT2D eigenvalue weighted by Crippen LogP contribution is 2.22. The average molecular weight is 307 g/mol. The molecule has 1 aromatic heterocycles. The number of hydrogen-bond acceptors (Lipinski definition) is 3. The van der Waals surface area contributed by atoms with Crippen LogP contribution in [-0.2, 0) is 0 Å². The fraction of sp³-hybridized carbons (Fsp3) is 0.214. The van der Waals surface area contributed by atoms with E-state index in [-0.39, 0.29) is 12.6 Å². The van der Waals surface area contributed by atoms with Crippen LogP contribution in [0.5, 0.6) is 0 Å². The summed E-state index contributed by atoms with van der Waals surface area (Å²) in [4.78, 5) is 4.11. The largest absolute Gasteiger partial charge is 0.394 e. The minimum absolute atomic E-state index is 0.0304. The van der Waals surface area contributed by atoms with Crippen LogP contribution in [0.3, 0.4) is 0 Å². The molecule has 1 unspecified atom stereocenters. The summed E-state index contributed by atoms with van der Waals surface area (Å²) in [5.74, 6) is 0. The Hall–Kier alpha value is -1.39. The molecule has 1 aromatic carbocycles. The highest BCUT2D eigenvalue weighted by molar-refractivity contribution is 9.10. The summed E-state index contributed by atoms with van der Waals surface area (Å²) in [5, 5.41) is 12.8.